The summed E-state index contributed by atoms with van der Waals surface area (Å²) >= 11 is 1.80. The van der Waals surface area contributed by atoms with Gasteiger partial charge in [0.25, 0.3) is 0 Å². The molecule has 4 nitrogen and oxygen atoms in total. The molecule has 0 saturated carbocycles. The normalized spacial score (nSPS) is 10.9. The Labute approximate surface area is 169 Å². The fourth-order valence-electron chi connectivity index (χ4n) is 3.13. The topological polar surface area (TPSA) is 36.3 Å². The highest BCUT2D eigenvalue weighted by atomic mass is 32.2. The number of ether oxygens (including phenoxy) is 2. The summed E-state index contributed by atoms with van der Waals surface area (Å²) in [6.07, 6.45) is 0. The molecule has 0 bridgehead atoms. The quantitative estimate of drug-likeness (QED) is 0.396. The van der Waals surface area contributed by atoms with Crippen molar-refractivity contribution in [3.8, 4) is 11.6 Å². The molecule has 142 valence electrons. The van der Waals surface area contributed by atoms with Crippen molar-refractivity contribution >= 4 is 22.7 Å². The van der Waals surface area contributed by atoms with E-state index in [1.807, 2.05) is 35.0 Å². The number of aromatic nitrogens is 2. The monoisotopic (exact) mass is 390 g/mol. The Kier molecular flexibility index (Phi) is 5.53. The van der Waals surface area contributed by atoms with Crippen LogP contribution in [0.15, 0.2) is 77.7 Å². The molecule has 3 aromatic carbocycles. The Hall–Kier alpha value is -2.92. The first-order valence-corrected chi connectivity index (χ1v) is 10.1. The highest BCUT2D eigenvalue weighted by Crippen LogP contribution is 2.31. The van der Waals surface area contributed by atoms with Crippen molar-refractivity contribution in [2.24, 2.45) is 0 Å². The van der Waals surface area contributed by atoms with Gasteiger partial charge in [-0.2, -0.15) is 0 Å². The highest BCUT2D eigenvalue weighted by Gasteiger charge is 2.12. The van der Waals surface area contributed by atoms with Gasteiger partial charge in [-0.1, -0.05) is 42.5 Å². The molecule has 4 aromatic rings. The van der Waals surface area contributed by atoms with Crippen LogP contribution < -0.4 is 9.47 Å². The predicted molar refractivity (Wildman–Crippen MR) is 114 cm³/mol. The van der Waals surface area contributed by atoms with E-state index in [1.54, 1.807) is 26.0 Å². The van der Waals surface area contributed by atoms with E-state index in [0.29, 0.717) is 5.88 Å². The fourth-order valence-corrected chi connectivity index (χ4v) is 4.03. The van der Waals surface area contributed by atoms with E-state index in [1.165, 1.54) is 16.0 Å². The van der Waals surface area contributed by atoms with Crippen LogP contribution in [-0.4, -0.2) is 24.0 Å². The molecule has 0 fully saturated rings. The largest absolute Gasteiger partial charge is 0.497 e. The van der Waals surface area contributed by atoms with Crippen LogP contribution in [0, 0.1) is 0 Å². The number of hydrogen-bond acceptors (Lipinski definition) is 4. The molecule has 0 radical (unpaired) electrons. The van der Waals surface area contributed by atoms with Crippen LogP contribution in [0.2, 0.25) is 0 Å². The molecular formula is C23H22N2O2S. The molecule has 0 N–H and O–H groups in total. The molecule has 0 aliphatic carbocycles. The van der Waals surface area contributed by atoms with E-state index < -0.39 is 0 Å². The second kappa shape index (κ2) is 8.40. The summed E-state index contributed by atoms with van der Waals surface area (Å²) in [5.41, 5.74) is 3.56. The number of benzene rings is 3. The van der Waals surface area contributed by atoms with E-state index in [9.17, 15) is 0 Å². The summed E-state index contributed by atoms with van der Waals surface area (Å²) in [5, 5.41) is 5.69. The zero-order valence-electron chi connectivity index (χ0n) is 16.0. The lowest BCUT2D eigenvalue weighted by Gasteiger charge is -2.06. The van der Waals surface area contributed by atoms with E-state index >= 15 is 0 Å². The van der Waals surface area contributed by atoms with Crippen LogP contribution in [-0.2, 0) is 12.3 Å². The summed E-state index contributed by atoms with van der Waals surface area (Å²) in [7, 11) is 3.36. The van der Waals surface area contributed by atoms with Crippen molar-refractivity contribution in [1.29, 1.82) is 0 Å². The van der Waals surface area contributed by atoms with Crippen molar-refractivity contribution in [2.45, 2.75) is 17.2 Å². The minimum Gasteiger partial charge on any atom is -0.497 e. The lowest BCUT2D eigenvalue weighted by atomic mass is 10.2. The second-order valence-corrected chi connectivity index (χ2v) is 7.52. The van der Waals surface area contributed by atoms with Crippen molar-refractivity contribution in [2.75, 3.05) is 14.2 Å². The molecule has 1 heterocycles. The number of nitrogens with zero attached hydrogens (tertiary/aromatic N) is 2. The maximum atomic E-state index is 5.53. The molecule has 28 heavy (non-hydrogen) atoms. The third kappa shape index (κ3) is 3.99. The maximum Gasteiger partial charge on any atom is 0.240 e. The molecule has 0 aliphatic heterocycles. The molecule has 0 spiro atoms. The molecule has 0 saturated heterocycles. The lowest BCUT2D eigenvalue weighted by Crippen LogP contribution is -2.01. The third-order valence-electron chi connectivity index (χ3n) is 4.62. The van der Waals surface area contributed by atoms with Gasteiger partial charge in [-0.25, -0.2) is 0 Å². The first-order valence-electron chi connectivity index (χ1n) is 9.11. The van der Waals surface area contributed by atoms with Gasteiger partial charge in [0.15, 0.2) is 0 Å². The van der Waals surface area contributed by atoms with Gasteiger partial charge in [0.05, 0.1) is 31.7 Å². The second-order valence-electron chi connectivity index (χ2n) is 6.47. The third-order valence-corrected chi connectivity index (χ3v) is 5.69. The van der Waals surface area contributed by atoms with Crippen molar-refractivity contribution in [1.82, 2.24) is 9.78 Å². The Balaban J connectivity index is 1.56. The number of hydrogen-bond donors (Lipinski definition) is 0. The summed E-state index contributed by atoms with van der Waals surface area (Å²) in [6, 6.07) is 25.0. The molecule has 0 unspecified atom stereocenters. The zero-order chi connectivity index (χ0) is 19.3. The summed E-state index contributed by atoms with van der Waals surface area (Å²) in [6.45, 7) is 0.721. The Morgan fingerprint density at radius 2 is 1.64 bits per heavy atom. The highest BCUT2D eigenvalue weighted by molar-refractivity contribution is 7.98. The molecule has 0 aliphatic rings. The summed E-state index contributed by atoms with van der Waals surface area (Å²) in [5.74, 6) is 2.44. The van der Waals surface area contributed by atoms with Crippen LogP contribution in [0.25, 0.3) is 10.9 Å². The van der Waals surface area contributed by atoms with Gasteiger partial charge in [-0.05, 0) is 41.5 Å². The molecule has 4 rings (SSSR count). The van der Waals surface area contributed by atoms with Crippen LogP contribution >= 0.6 is 11.8 Å². The molecule has 0 atom stereocenters. The smallest absolute Gasteiger partial charge is 0.240 e. The van der Waals surface area contributed by atoms with Gasteiger partial charge in [0, 0.05) is 10.6 Å². The van der Waals surface area contributed by atoms with Crippen LogP contribution in [0.4, 0.5) is 0 Å². The van der Waals surface area contributed by atoms with Gasteiger partial charge in [-0.3, -0.25) is 4.68 Å². The minimum atomic E-state index is 0.665. The van der Waals surface area contributed by atoms with E-state index in [4.69, 9.17) is 9.47 Å². The minimum absolute atomic E-state index is 0.665. The maximum absolute atomic E-state index is 5.53. The Bertz CT molecular complexity index is 1060. The Morgan fingerprint density at radius 1 is 0.857 bits per heavy atom. The van der Waals surface area contributed by atoms with Crippen molar-refractivity contribution in [3.05, 3.63) is 83.9 Å². The SMILES string of the molecule is COc1ccc(CSc2ccc3c(c2)c(OC)nn3Cc2ccccc2)cc1. The number of methoxy groups -OCH3 is 2. The van der Waals surface area contributed by atoms with Crippen LogP contribution in [0.1, 0.15) is 11.1 Å². The zero-order valence-corrected chi connectivity index (χ0v) is 16.8. The van der Waals surface area contributed by atoms with Gasteiger partial charge in [0.2, 0.25) is 5.88 Å². The number of fused-ring (bicyclic) bond motifs is 1. The summed E-state index contributed by atoms with van der Waals surface area (Å²) < 4.78 is 12.8. The van der Waals surface area contributed by atoms with Crippen LogP contribution in [0.5, 0.6) is 11.6 Å². The standard InChI is InChI=1S/C23H22N2O2S/c1-26-19-10-8-18(9-11-19)16-28-20-12-13-22-21(14-20)23(27-2)24-25(22)15-17-6-4-3-5-7-17/h3-14H,15-16H2,1-2H3. The first kappa shape index (κ1) is 18.4. The molecular weight excluding hydrogens is 368 g/mol. The van der Waals surface area contributed by atoms with E-state index in [2.05, 4.69) is 47.6 Å². The molecule has 5 heteroatoms. The number of thioether (sulfide) groups is 1. The van der Waals surface area contributed by atoms with Gasteiger partial charge in [0.1, 0.15) is 5.75 Å². The van der Waals surface area contributed by atoms with Crippen molar-refractivity contribution < 1.29 is 9.47 Å². The van der Waals surface area contributed by atoms with Gasteiger partial charge < -0.3 is 9.47 Å². The predicted octanol–water partition coefficient (Wildman–Crippen LogP) is 5.39. The molecule has 0 amide bonds. The van der Waals surface area contributed by atoms with Crippen molar-refractivity contribution in [3.63, 3.8) is 0 Å². The first-order chi connectivity index (χ1) is 13.8. The summed E-state index contributed by atoms with van der Waals surface area (Å²) in [4.78, 5) is 1.20. The fraction of sp³-hybridized carbons (Fsp3) is 0.174. The molecule has 1 aromatic heterocycles. The van der Waals surface area contributed by atoms with Crippen LogP contribution in [0.3, 0.4) is 0 Å². The van der Waals surface area contributed by atoms with E-state index in [-0.39, 0.29) is 0 Å². The van der Waals surface area contributed by atoms with Gasteiger partial charge >= 0.3 is 0 Å². The lowest BCUT2D eigenvalue weighted by molar-refractivity contribution is 0.394. The average Bonchev–Trinajstić information content (AvgIpc) is 3.10. The average molecular weight is 391 g/mol. The Morgan fingerprint density at radius 3 is 2.36 bits per heavy atom. The van der Waals surface area contributed by atoms with E-state index in [0.717, 1.165) is 29.0 Å². The van der Waals surface area contributed by atoms with Gasteiger partial charge in [-0.15, -0.1) is 16.9 Å². The number of rotatable bonds is 7.